The number of hydrogen-bond acceptors (Lipinski definition) is 5. The van der Waals surface area contributed by atoms with Crippen molar-refractivity contribution in [3.63, 3.8) is 0 Å². The molecule has 7 heteroatoms. The predicted molar refractivity (Wildman–Crippen MR) is 127 cm³/mol. The summed E-state index contributed by atoms with van der Waals surface area (Å²) in [6, 6.07) is 6.27. The van der Waals surface area contributed by atoms with Crippen molar-refractivity contribution < 1.29 is 14.4 Å². The molecule has 33 heavy (non-hydrogen) atoms. The molecule has 1 saturated heterocycles. The molecule has 5 rings (SSSR count). The third-order valence-electron chi connectivity index (χ3n) is 8.04. The number of nitrogens with one attached hydrogen (secondary N) is 3. The second-order valence-electron chi connectivity index (χ2n) is 10.3. The quantitative estimate of drug-likeness (QED) is 0.576. The Kier molecular flexibility index (Phi) is 6.67. The molecule has 3 N–H and O–H groups in total. The van der Waals surface area contributed by atoms with Gasteiger partial charge in [-0.3, -0.25) is 19.7 Å². The highest BCUT2D eigenvalue weighted by Crippen LogP contribution is 2.31. The number of imide groups is 1. The molecule has 2 aliphatic carbocycles. The van der Waals surface area contributed by atoms with Gasteiger partial charge in [0.15, 0.2) is 0 Å². The van der Waals surface area contributed by atoms with Crippen molar-refractivity contribution in [3.8, 4) is 0 Å². The minimum atomic E-state index is -0.564. The molecule has 3 amide bonds. The van der Waals surface area contributed by atoms with Crippen LogP contribution < -0.4 is 16.0 Å². The molecule has 0 bridgehead atoms. The molecule has 0 radical (unpaired) electrons. The van der Waals surface area contributed by atoms with Gasteiger partial charge in [-0.25, -0.2) is 0 Å². The lowest BCUT2D eigenvalue weighted by Gasteiger charge is -2.35. The van der Waals surface area contributed by atoms with Gasteiger partial charge in [0.2, 0.25) is 11.8 Å². The van der Waals surface area contributed by atoms with Crippen molar-refractivity contribution in [1.82, 2.24) is 15.5 Å². The van der Waals surface area contributed by atoms with E-state index in [9.17, 15) is 14.4 Å². The van der Waals surface area contributed by atoms with Crippen LogP contribution in [0.25, 0.3) is 0 Å². The highest BCUT2D eigenvalue weighted by atomic mass is 16.2. The second-order valence-corrected chi connectivity index (χ2v) is 10.3. The Balaban J connectivity index is 1.22. The molecule has 178 valence electrons. The van der Waals surface area contributed by atoms with Gasteiger partial charge in [-0.05, 0) is 68.3 Å². The van der Waals surface area contributed by atoms with E-state index in [0.29, 0.717) is 30.6 Å². The van der Waals surface area contributed by atoms with Gasteiger partial charge in [0.05, 0.1) is 0 Å². The number of anilines is 1. The summed E-state index contributed by atoms with van der Waals surface area (Å²) in [6.45, 7) is 1.55. The number of benzene rings is 1. The molecule has 4 aliphatic rings. The molecular formula is C26H36N4O3. The van der Waals surface area contributed by atoms with Gasteiger partial charge in [-0.2, -0.15) is 0 Å². The van der Waals surface area contributed by atoms with Crippen LogP contribution in [0.3, 0.4) is 0 Å². The average Bonchev–Trinajstić information content (AvgIpc) is 3.14. The monoisotopic (exact) mass is 452 g/mol. The number of rotatable bonds is 6. The average molecular weight is 453 g/mol. The van der Waals surface area contributed by atoms with Crippen molar-refractivity contribution in [2.24, 2.45) is 5.92 Å². The summed E-state index contributed by atoms with van der Waals surface area (Å²) in [4.78, 5) is 38.3. The first-order valence-corrected chi connectivity index (χ1v) is 12.9. The SMILES string of the molecule is O=C1CCC(N2Cc3cc(N[C@H]4CCCC[C@H]4NCC4CCCCC4)ccc3C2=O)C(=O)N1. The van der Waals surface area contributed by atoms with E-state index in [0.717, 1.165) is 30.1 Å². The van der Waals surface area contributed by atoms with E-state index in [4.69, 9.17) is 0 Å². The van der Waals surface area contributed by atoms with Crippen LogP contribution in [-0.4, -0.2) is 47.3 Å². The minimum absolute atomic E-state index is 0.115. The van der Waals surface area contributed by atoms with Gasteiger partial charge in [0.1, 0.15) is 6.04 Å². The zero-order valence-corrected chi connectivity index (χ0v) is 19.4. The number of fused-ring (bicyclic) bond motifs is 1. The Bertz CT molecular complexity index is 911. The number of amides is 3. The van der Waals surface area contributed by atoms with Gasteiger partial charge in [-0.15, -0.1) is 0 Å². The van der Waals surface area contributed by atoms with Crippen LogP contribution in [0.4, 0.5) is 5.69 Å². The van der Waals surface area contributed by atoms with Crippen molar-refractivity contribution in [1.29, 1.82) is 0 Å². The maximum atomic E-state index is 12.9. The van der Waals surface area contributed by atoms with Gasteiger partial charge < -0.3 is 15.5 Å². The lowest BCUT2D eigenvalue weighted by Crippen LogP contribution is -2.52. The lowest BCUT2D eigenvalue weighted by atomic mass is 9.87. The summed E-state index contributed by atoms with van der Waals surface area (Å²) >= 11 is 0. The highest BCUT2D eigenvalue weighted by Gasteiger charge is 2.39. The Morgan fingerprint density at radius 1 is 0.909 bits per heavy atom. The van der Waals surface area contributed by atoms with E-state index in [-0.39, 0.29) is 24.1 Å². The maximum absolute atomic E-state index is 12.9. The number of nitrogens with zero attached hydrogens (tertiary/aromatic N) is 1. The standard InChI is InChI=1S/C26H36N4O3/c31-24-13-12-23(25(32)29-24)30-16-18-14-19(10-11-20(18)26(30)33)28-22-9-5-4-8-21(22)27-15-17-6-2-1-3-7-17/h10-11,14,17,21-23,27-28H,1-9,12-13,15-16H2,(H,29,31,32)/t21-,22+,23?/m1/s1. The van der Waals surface area contributed by atoms with E-state index in [1.165, 1.54) is 51.4 Å². The zero-order valence-electron chi connectivity index (χ0n) is 19.4. The van der Waals surface area contributed by atoms with E-state index in [1.807, 2.05) is 12.1 Å². The largest absolute Gasteiger partial charge is 0.381 e. The fourth-order valence-electron chi connectivity index (χ4n) is 6.14. The summed E-state index contributed by atoms with van der Waals surface area (Å²) in [5, 5.41) is 10.0. The number of hydrogen-bond donors (Lipinski definition) is 3. The van der Waals surface area contributed by atoms with Crippen LogP contribution in [0.1, 0.15) is 86.6 Å². The summed E-state index contributed by atoms with van der Waals surface area (Å²) < 4.78 is 0. The van der Waals surface area contributed by atoms with Crippen LogP contribution in [0.15, 0.2) is 18.2 Å². The molecular weight excluding hydrogens is 416 g/mol. The summed E-state index contributed by atoms with van der Waals surface area (Å²) in [5.41, 5.74) is 2.67. The van der Waals surface area contributed by atoms with E-state index < -0.39 is 6.04 Å². The van der Waals surface area contributed by atoms with Crippen molar-refractivity contribution in [3.05, 3.63) is 29.3 Å². The predicted octanol–water partition coefficient (Wildman–Crippen LogP) is 3.34. The Labute approximate surface area is 196 Å². The van der Waals surface area contributed by atoms with Crippen molar-refractivity contribution in [2.45, 2.75) is 95.3 Å². The van der Waals surface area contributed by atoms with Crippen LogP contribution in [0, 0.1) is 5.92 Å². The van der Waals surface area contributed by atoms with Crippen LogP contribution in [-0.2, 0) is 16.1 Å². The molecule has 2 heterocycles. The van der Waals surface area contributed by atoms with Crippen molar-refractivity contribution in [2.75, 3.05) is 11.9 Å². The molecule has 1 aromatic carbocycles. The van der Waals surface area contributed by atoms with Crippen LogP contribution in [0.5, 0.6) is 0 Å². The second kappa shape index (κ2) is 9.84. The third kappa shape index (κ3) is 4.93. The van der Waals surface area contributed by atoms with Gasteiger partial charge in [0, 0.05) is 36.3 Å². The summed E-state index contributed by atoms with van der Waals surface area (Å²) in [6.07, 6.45) is 12.4. The fraction of sp³-hybridized carbons (Fsp3) is 0.654. The Hall–Kier alpha value is -2.41. The van der Waals surface area contributed by atoms with E-state index in [1.54, 1.807) is 4.90 Å². The highest BCUT2D eigenvalue weighted by molar-refractivity contribution is 6.05. The van der Waals surface area contributed by atoms with Crippen LogP contribution >= 0.6 is 0 Å². The topological polar surface area (TPSA) is 90.5 Å². The molecule has 3 atom stereocenters. The van der Waals surface area contributed by atoms with Gasteiger partial charge in [0.25, 0.3) is 5.91 Å². The first kappa shape index (κ1) is 22.4. The molecule has 1 unspecified atom stereocenters. The van der Waals surface area contributed by atoms with E-state index >= 15 is 0 Å². The smallest absolute Gasteiger partial charge is 0.255 e. The number of piperidine rings is 1. The Morgan fingerprint density at radius 3 is 2.45 bits per heavy atom. The molecule has 7 nitrogen and oxygen atoms in total. The van der Waals surface area contributed by atoms with Crippen LogP contribution in [0.2, 0.25) is 0 Å². The fourth-order valence-corrected chi connectivity index (χ4v) is 6.14. The van der Waals surface area contributed by atoms with Gasteiger partial charge >= 0.3 is 0 Å². The first-order chi connectivity index (χ1) is 16.1. The molecule has 0 spiro atoms. The lowest BCUT2D eigenvalue weighted by molar-refractivity contribution is -0.136. The maximum Gasteiger partial charge on any atom is 0.255 e. The molecule has 3 fully saturated rings. The third-order valence-corrected chi connectivity index (χ3v) is 8.04. The van der Waals surface area contributed by atoms with E-state index in [2.05, 4.69) is 22.0 Å². The molecule has 2 aliphatic heterocycles. The number of carbonyl (C=O) groups excluding carboxylic acids is 3. The molecule has 2 saturated carbocycles. The summed E-state index contributed by atoms with van der Waals surface area (Å²) in [5.74, 6) is 0.0900. The minimum Gasteiger partial charge on any atom is -0.381 e. The van der Waals surface area contributed by atoms with Crippen molar-refractivity contribution >= 4 is 23.4 Å². The normalized spacial score (nSPS) is 28.5. The molecule has 1 aromatic rings. The summed E-state index contributed by atoms with van der Waals surface area (Å²) in [7, 11) is 0. The first-order valence-electron chi connectivity index (χ1n) is 12.9. The van der Waals surface area contributed by atoms with Gasteiger partial charge in [-0.1, -0.05) is 32.1 Å². The molecule has 0 aromatic heterocycles. The number of carbonyl (C=O) groups is 3. The zero-order chi connectivity index (χ0) is 22.8. The Morgan fingerprint density at radius 2 is 1.67 bits per heavy atom.